The first kappa shape index (κ1) is 16.3. The number of nitrogens with zero attached hydrogens (tertiary/aromatic N) is 2. The van der Waals surface area contributed by atoms with E-state index in [-0.39, 0.29) is 5.82 Å². The highest BCUT2D eigenvalue weighted by atomic mass is 19.1. The second kappa shape index (κ2) is 9.18. The van der Waals surface area contributed by atoms with E-state index >= 15 is 0 Å². The van der Waals surface area contributed by atoms with Gasteiger partial charge in [-0.05, 0) is 25.0 Å². The molecule has 0 aliphatic rings. The Kier molecular flexibility index (Phi) is 7.47. The fourth-order valence-electron chi connectivity index (χ4n) is 1.87. The number of rotatable bonds is 7. The van der Waals surface area contributed by atoms with E-state index in [4.69, 9.17) is 0 Å². The summed E-state index contributed by atoms with van der Waals surface area (Å²) in [5.74, 6) is 0.642. The molecule has 0 heterocycles. The Morgan fingerprint density at radius 1 is 1.25 bits per heavy atom. The molecule has 0 aromatic heterocycles. The normalized spacial score (nSPS) is 11.3. The third kappa shape index (κ3) is 5.47. The monoisotopic (exact) mass is 280 g/mol. The fraction of sp³-hybridized carbons (Fsp3) is 0.533. The van der Waals surface area contributed by atoms with Gasteiger partial charge >= 0.3 is 0 Å². The third-order valence-electron chi connectivity index (χ3n) is 2.99. The van der Waals surface area contributed by atoms with Crippen molar-refractivity contribution in [2.45, 2.75) is 19.8 Å². The first-order valence-corrected chi connectivity index (χ1v) is 7.09. The van der Waals surface area contributed by atoms with Gasteiger partial charge in [-0.1, -0.05) is 19.1 Å². The minimum absolute atomic E-state index is 0.177. The van der Waals surface area contributed by atoms with Gasteiger partial charge in [-0.25, -0.2) is 4.39 Å². The van der Waals surface area contributed by atoms with E-state index in [0.29, 0.717) is 5.69 Å². The molecule has 0 spiro atoms. The van der Waals surface area contributed by atoms with Crippen LogP contribution in [0.1, 0.15) is 19.8 Å². The third-order valence-corrected chi connectivity index (χ3v) is 2.99. The molecular weight excluding hydrogens is 255 g/mol. The van der Waals surface area contributed by atoms with E-state index in [9.17, 15) is 4.39 Å². The van der Waals surface area contributed by atoms with Crippen molar-refractivity contribution >= 4 is 11.6 Å². The van der Waals surface area contributed by atoms with Crippen LogP contribution in [0.4, 0.5) is 10.1 Å². The Labute approximate surface area is 121 Å². The molecule has 0 saturated carbocycles. The van der Waals surface area contributed by atoms with Crippen molar-refractivity contribution in [2.75, 3.05) is 38.6 Å². The van der Waals surface area contributed by atoms with Crippen molar-refractivity contribution in [1.29, 1.82) is 0 Å². The minimum Gasteiger partial charge on any atom is -0.372 e. The molecular formula is C15H25FN4. The Hall–Kier alpha value is -1.78. The molecule has 112 valence electrons. The summed E-state index contributed by atoms with van der Waals surface area (Å²) in [5.41, 5.74) is 0.640. The van der Waals surface area contributed by atoms with Gasteiger partial charge in [-0.3, -0.25) is 4.99 Å². The fourth-order valence-corrected chi connectivity index (χ4v) is 1.87. The number of nitrogens with one attached hydrogen (secondary N) is 2. The zero-order chi connectivity index (χ0) is 14.8. The van der Waals surface area contributed by atoms with E-state index in [0.717, 1.165) is 38.4 Å². The molecule has 0 fully saturated rings. The molecule has 0 saturated heterocycles. The van der Waals surface area contributed by atoms with E-state index in [2.05, 4.69) is 22.5 Å². The molecule has 0 aliphatic heterocycles. The second-order valence-corrected chi connectivity index (χ2v) is 4.65. The van der Waals surface area contributed by atoms with Crippen LogP contribution in [-0.4, -0.2) is 39.7 Å². The largest absolute Gasteiger partial charge is 0.372 e. The highest BCUT2D eigenvalue weighted by molar-refractivity contribution is 5.79. The van der Waals surface area contributed by atoms with E-state index < -0.39 is 0 Å². The molecule has 0 radical (unpaired) electrons. The van der Waals surface area contributed by atoms with Crippen molar-refractivity contribution in [2.24, 2.45) is 4.99 Å². The van der Waals surface area contributed by atoms with Crippen LogP contribution in [0.15, 0.2) is 29.3 Å². The van der Waals surface area contributed by atoms with Crippen molar-refractivity contribution in [1.82, 2.24) is 10.6 Å². The van der Waals surface area contributed by atoms with Gasteiger partial charge in [0.25, 0.3) is 0 Å². The highest BCUT2D eigenvalue weighted by Crippen LogP contribution is 2.16. The Bertz CT molecular complexity index is 420. The van der Waals surface area contributed by atoms with Crippen molar-refractivity contribution in [3.63, 3.8) is 0 Å². The lowest BCUT2D eigenvalue weighted by Gasteiger charge is -2.20. The summed E-state index contributed by atoms with van der Waals surface area (Å²) < 4.78 is 13.6. The van der Waals surface area contributed by atoms with Crippen LogP contribution >= 0.6 is 0 Å². The van der Waals surface area contributed by atoms with Gasteiger partial charge in [-0.2, -0.15) is 0 Å². The summed E-state index contributed by atoms with van der Waals surface area (Å²) >= 11 is 0. The summed E-state index contributed by atoms with van der Waals surface area (Å²) in [4.78, 5) is 6.07. The molecule has 2 N–H and O–H groups in total. The molecule has 0 unspecified atom stereocenters. The maximum absolute atomic E-state index is 13.6. The molecule has 0 aliphatic carbocycles. The predicted molar refractivity (Wildman–Crippen MR) is 83.9 cm³/mol. The number of hydrogen-bond donors (Lipinski definition) is 2. The molecule has 4 nitrogen and oxygen atoms in total. The Morgan fingerprint density at radius 3 is 2.60 bits per heavy atom. The van der Waals surface area contributed by atoms with Crippen molar-refractivity contribution in [3.8, 4) is 0 Å². The minimum atomic E-state index is -0.177. The lowest BCUT2D eigenvalue weighted by Crippen LogP contribution is -2.38. The maximum Gasteiger partial charge on any atom is 0.190 e. The van der Waals surface area contributed by atoms with Crippen LogP contribution in [0.3, 0.4) is 0 Å². The molecule has 0 amide bonds. The molecule has 1 aromatic rings. The summed E-state index contributed by atoms with van der Waals surface area (Å²) in [6.07, 6.45) is 1.98. The molecule has 1 aromatic carbocycles. The molecule has 5 heteroatoms. The van der Waals surface area contributed by atoms with Gasteiger partial charge < -0.3 is 15.5 Å². The number of hydrogen-bond acceptors (Lipinski definition) is 2. The molecule has 0 atom stereocenters. The number of anilines is 1. The smallest absolute Gasteiger partial charge is 0.190 e. The quantitative estimate of drug-likeness (QED) is 0.457. The van der Waals surface area contributed by atoms with Crippen molar-refractivity contribution in [3.05, 3.63) is 30.1 Å². The van der Waals surface area contributed by atoms with Crippen molar-refractivity contribution < 1.29 is 4.39 Å². The number of para-hydroxylation sites is 1. The number of benzene rings is 1. The molecule has 0 bridgehead atoms. The van der Waals surface area contributed by atoms with E-state index in [1.54, 1.807) is 19.2 Å². The first-order valence-electron chi connectivity index (χ1n) is 7.09. The lowest BCUT2D eigenvalue weighted by molar-refractivity contribution is 0.619. The zero-order valence-electron chi connectivity index (χ0n) is 12.6. The SMILES string of the molecule is CCCNC(=NC)NCCCN(C)c1ccccc1F. The van der Waals surface area contributed by atoms with Gasteiger partial charge in [0, 0.05) is 33.7 Å². The zero-order valence-corrected chi connectivity index (χ0v) is 12.6. The number of halogens is 1. The topological polar surface area (TPSA) is 39.7 Å². The van der Waals surface area contributed by atoms with Crippen LogP contribution in [-0.2, 0) is 0 Å². The Morgan fingerprint density at radius 2 is 1.95 bits per heavy atom. The standard InChI is InChI=1S/C15H25FN4/c1-4-10-18-15(17-2)19-11-7-12-20(3)14-9-6-5-8-13(14)16/h5-6,8-9H,4,7,10-12H2,1-3H3,(H2,17,18,19). The van der Waals surface area contributed by atoms with E-state index in [1.165, 1.54) is 6.07 Å². The molecule has 1 rings (SSSR count). The van der Waals surface area contributed by atoms with Crippen LogP contribution in [0, 0.1) is 5.82 Å². The average molecular weight is 280 g/mol. The van der Waals surface area contributed by atoms with E-state index in [1.807, 2.05) is 18.0 Å². The lowest BCUT2D eigenvalue weighted by atomic mass is 10.2. The van der Waals surface area contributed by atoms with Gasteiger partial charge in [0.15, 0.2) is 5.96 Å². The van der Waals surface area contributed by atoms with Crippen LogP contribution in [0.2, 0.25) is 0 Å². The van der Waals surface area contributed by atoms with Gasteiger partial charge in [0.2, 0.25) is 0 Å². The summed E-state index contributed by atoms with van der Waals surface area (Å²) in [6, 6.07) is 6.84. The van der Waals surface area contributed by atoms with Gasteiger partial charge in [0.05, 0.1) is 5.69 Å². The summed E-state index contributed by atoms with van der Waals surface area (Å²) in [5, 5.41) is 6.46. The maximum atomic E-state index is 13.6. The average Bonchev–Trinajstić information content (AvgIpc) is 2.46. The number of guanidine groups is 1. The number of aliphatic imine (C=N–C) groups is 1. The highest BCUT2D eigenvalue weighted by Gasteiger charge is 2.05. The first-order chi connectivity index (χ1) is 9.69. The molecule has 20 heavy (non-hydrogen) atoms. The summed E-state index contributed by atoms with van der Waals surface area (Å²) in [6.45, 7) is 4.62. The predicted octanol–water partition coefficient (Wildman–Crippen LogP) is 2.23. The van der Waals surface area contributed by atoms with Crippen LogP contribution in [0.5, 0.6) is 0 Å². The van der Waals surface area contributed by atoms with Crippen LogP contribution in [0.25, 0.3) is 0 Å². The summed E-state index contributed by atoms with van der Waals surface area (Å²) in [7, 11) is 3.67. The Balaban J connectivity index is 2.29. The van der Waals surface area contributed by atoms with Gasteiger partial charge in [0.1, 0.15) is 5.82 Å². The second-order valence-electron chi connectivity index (χ2n) is 4.65. The van der Waals surface area contributed by atoms with Crippen LogP contribution < -0.4 is 15.5 Å². The van der Waals surface area contributed by atoms with Gasteiger partial charge in [-0.15, -0.1) is 0 Å².